The van der Waals surface area contributed by atoms with Gasteiger partial charge in [-0.1, -0.05) is 0 Å². The number of hydrogen-bond acceptors (Lipinski definition) is 3. The fraction of sp³-hybridized carbons (Fsp3) is 0.286. The third-order valence-corrected chi connectivity index (χ3v) is 1.42. The van der Waals surface area contributed by atoms with Crippen LogP contribution in [0.4, 0.5) is 0 Å². The van der Waals surface area contributed by atoms with Gasteiger partial charge in [0.15, 0.2) is 0 Å². The Morgan fingerprint density at radius 2 is 1.91 bits per heavy atom. The lowest BCUT2D eigenvalue weighted by Crippen LogP contribution is -2.37. The van der Waals surface area contributed by atoms with Gasteiger partial charge >= 0.3 is 0 Å². The number of nitriles is 1. The minimum Gasteiger partial charge on any atom is -0.269 e. The number of imide groups is 1. The molecule has 1 unspecified atom stereocenters. The van der Waals surface area contributed by atoms with Gasteiger partial charge in [0, 0.05) is 12.2 Å². The van der Waals surface area contributed by atoms with Gasteiger partial charge in [-0.15, -0.1) is 0 Å². The van der Waals surface area contributed by atoms with Crippen LogP contribution < -0.4 is 0 Å². The summed E-state index contributed by atoms with van der Waals surface area (Å²) in [5, 5.41) is 8.41. The average Bonchev–Trinajstić information content (AvgIpc) is 2.30. The Labute approximate surface area is 63.7 Å². The van der Waals surface area contributed by atoms with Crippen molar-refractivity contribution in [3.8, 4) is 6.07 Å². The lowest BCUT2D eigenvalue weighted by atomic mass is 10.3. The molecule has 56 valence electrons. The monoisotopic (exact) mass is 150 g/mol. The maximum atomic E-state index is 10.9. The Balaban J connectivity index is 2.83. The van der Waals surface area contributed by atoms with Crippen LogP contribution in [0.3, 0.4) is 0 Å². The van der Waals surface area contributed by atoms with Crippen molar-refractivity contribution in [2.45, 2.75) is 13.0 Å². The van der Waals surface area contributed by atoms with E-state index in [2.05, 4.69) is 0 Å². The molecule has 0 spiro atoms. The molecule has 0 N–H and O–H groups in total. The van der Waals surface area contributed by atoms with Crippen LogP contribution in [0, 0.1) is 11.3 Å². The largest absolute Gasteiger partial charge is 0.269 e. The zero-order valence-electron chi connectivity index (χ0n) is 5.94. The summed E-state index contributed by atoms with van der Waals surface area (Å²) >= 11 is 0. The Morgan fingerprint density at radius 1 is 1.45 bits per heavy atom. The van der Waals surface area contributed by atoms with Crippen LogP contribution in [0.25, 0.3) is 0 Å². The van der Waals surface area contributed by atoms with Gasteiger partial charge in [0.2, 0.25) is 0 Å². The first-order chi connectivity index (χ1) is 5.16. The first kappa shape index (κ1) is 7.48. The van der Waals surface area contributed by atoms with E-state index in [1.807, 2.05) is 6.07 Å². The molecule has 0 radical (unpaired) electrons. The molecule has 0 saturated carbocycles. The standard InChI is InChI=1S/C7H6N2O2/c1-5(4-8)9-6(10)2-3-7(9)11/h2-3,5H,1H3. The molecule has 2 amide bonds. The van der Waals surface area contributed by atoms with E-state index < -0.39 is 17.9 Å². The van der Waals surface area contributed by atoms with Crippen molar-refractivity contribution in [3.05, 3.63) is 12.2 Å². The third kappa shape index (κ3) is 1.13. The minimum absolute atomic E-state index is 0.413. The summed E-state index contributed by atoms with van der Waals surface area (Å²) in [5.41, 5.74) is 0. The summed E-state index contributed by atoms with van der Waals surface area (Å²) in [4.78, 5) is 22.6. The molecule has 0 aromatic rings. The van der Waals surface area contributed by atoms with E-state index in [4.69, 9.17) is 5.26 Å². The summed E-state index contributed by atoms with van der Waals surface area (Å²) in [6, 6.07) is 1.14. The number of rotatable bonds is 1. The van der Waals surface area contributed by atoms with Gasteiger partial charge in [0.05, 0.1) is 6.07 Å². The lowest BCUT2D eigenvalue weighted by Gasteiger charge is -2.14. The third-order valence-electron chi connectivity index (χ3n) is 1.42. The molecule has 1 rings (SSSR count). The number of nitrogens with zero attached hydrogens (tertiary/aromatic N) is 2. The molecule has 1 aliphatic heterocycles. The summed E-state index contributed by atoms with van der Waals surface area (Å²) in [6.07, 6.45) is 2.33. The zero-order valence-corrected chi connectivity index (χ0v) is 5.94. The molecule has 0 saturated heterocycles. The van der Waals surface area contributed by atoms with Gasteiger partial charge in [-0.2, -0.15) is 5.26 Å². The Kier molecular flexibility index (Phi) is 1.73. The van der Waals surface area contributed by atoms with Crippen molar-refractivity contribution >= 4 is 11.8 Å². The number of carbonyl (C=O) groups is 2. The number of carbonyl (C=O) groups excluding carboxylic acids is 2. The van der Waals surface area contributed by atoms with Crippen LogP contribution >= 0.6 is 0 Å². The predicted molar refractivity (Wildman–Crippen MR) is 36.1 cm³/mol. The van der Waals surface area contributed by atoms with Gasteiger partial charge in [-0.3, -0.25) is 14.5 Å². The topological polar surface area (TPSA) is 61.2 Å². The summed E-state index contributed by atoms with van der Waals surface area (Å²) < 4.78 is 0. The molecule has 1 atom stereocenters. The maximum absolute atomic E-state index is 10.9. The first-order valence-electron chi connectivity index (χ1n) is 3.11. The minimum atomic E-state index is -0.676. The quantitative estimate of drug-likeness (QED) is 0.487. The normalized spacial score (nSPS) is 18.7. The van der Waals surface area contributed by atoms with Crippen molar-refractivity contribution < 1.29 is 9.59 Å². The lowest BCUT2D eigenvalue weighted by molar-refractivity contribution is -0.137. The second-order valence-corrected chi connectivity index (χ2v) is 2.18. The predicted octanol–water partition coefficient (Wildman–Crippen LogP) is -0.177. The highest BCUT2D eigenvalue weighted by Gasteiger charge is 2.27. The van der Waals surface area contributed by atoms with E-state index in [0.717, 1.165) is 17.1 Å². The zero-order chi connectivity index (χ0) is 8.43. The average molecular weight is 150 g/mol. The van der Waals surface area contributed by atoms with Gasteiger partial charge in [0.25, 0.3) is 11.8 Å². The fourth-order valence-corrected chi connectivity index (χ4v) is 0.851. The maximum Gasteiger partial charge on any atom is 0.254 e. The van der Waals surface area contributed by atoms with Crippen LogP contribution in [-0.2, 0) is 9.59 Å². The van der Waals surface area contributed by atoms with Crippen LogP contribution in [0.2, 0.25) is 0 Å². The Bertz CT molecular complexity index is 257. The second kappa shape index (κ2) is 2.54. The van der Waals surface area contributed by atoms with Gasteiger partial charge in [0.1, 0.15) is 6.04 Å². The molecule has 1 heterocycles. The van der Waals surface area contributed by atoms with Crippen molar-refractivity contribution in [3.63, 3.8) is 0 Å². The summed E-state index contributed by atoms with van der Waals surface area (Å²) in [7, 11) is 0. The summed E-state index contributed by atoms with van der Waals surface area (Å²) in [5.74, 6) is -0.826. The van der Waals surface area contributed by atoms with E-state index in [1.54, 1.807) is 0 Å². The summed E-state index contributed by atoms with van der Waals surface area (Å²) in [6.45, 7) is 1.50. The van der Waals surface area contributed by atoms with Crippen LogP contribution in [0.1, 0.15) is 6.92 Å². The Hall–Kier alpha value is -1.63. The number of amides is 2. The Morgan fingerprint density at radius 3 is 2.27 bits per heavy atom. The van der Waals surface area contributed by atoms with E-state index in [0.29, 0.717) is 0 Å². The number of hydrogen-bond donors (Lipinski definition) is 0. The van der Waals surface area contributed by atoms with Crippen molar-refractivity contribution in [1.29, 1.82) is 5.26 Å². The fourth-order valence-electron chi connectivity index (χ4n) is 0.851. The van der Waals surface area contributed by atoms with Crippen molar-refractivity contribution in [1.82, 2.24) is 4.90 Å². The molecule has 0 fully saturated rings. The second-order valence-electron chi connectivity index (χ2n) is 2.18. The van der Waals surface area contributed by atoms with Crippen LogP contribution in [0.5, 0.6) is 0 Å². The van der Waals surface area contributed by atoms with Crippen molar-refractivity contribution in [2.24, 2.45) is 0 Å². The molecular weight excluding hydrogens is 144 g/mol. The molecule has 4 nitrogen and oxygen atoms in total. The molecular formula is C7H6N2O2. The molecule has 11 heavy (non-hydrogen) atoms. The molecule has 4 heteroatoms. The molecule has 0 aliphatic carbocycles. The SMILES string of the molecule is CC(C#N)N1C(=O)C=CC1=O. The van der Waals surface area contributed by atoms with E-state index in [-0.39, 0.29) is 0 Å². The van der Waals surface area contributed by atoms with E-state index >= 15 is 0 Å². The molecule has 0 bridgehead atoms. The molecule has 1 aliphatic rings. The van der Waals surface area contributed by atoms with Gasteiger partial charge < -0.3 is 0 Å². The highest BCUT2D eigenvalue weighted by atomic mass is 16.2. The van der Waals surface area contributed by atoms with Gasteiger partial charge in [-0.05, 0) is 6.92 Å². The highest BCUT2D eigenvalue weighted by Crippen LogP contribution is 2.07. The molecule has 0 aromatic heterocycles. The first-order valence-corrected chi connectivity index (χ1v) is 3.11. The highest BCUT2D eigenvalue weighted by molar-refractivity contribution is 6.13. The van der Waals surface area contributed by atoms with E-state index in [1.165, 1.54) is 6.92 Å². The van der Waals surface area contributed by atoms with Crippen molar-refractivity contribution in [2.75, 3.05) is 0 Å². The van der Waals surface area contributed by atoms with Crippen LogP contribution in [0.15, 0.2) is 12.2 Å². The molecule has 0 aromatic carbocycles. The van der Waals surface area contributed by atoms with E-state index in [9.17, 15) is 9.59 Å². The van der Waals surface area contributed by atoms with Gasteiger partial charge in [-0.25, -0.2) is 0 Å². The smallest absolute Gasteiger partial charge is 0.254 e. The van der Waals surface area contributed by atoms with Crippen LogP contribution in [-0.4, -0.2) is 22.8 Å².